The molecule has 5 nitrogen and oxygen atoms in total. The molecule has 0 saturated heterocycles. The van der Waals surface area contributed by atoms with E-state index in [1.54, 1.807) is 18.3 Å². The van der Waals surface area contributed by atoms with Gasteiger partial charge in [0.2, 0.25) is 5.75 Å². The largest absolute Gasteiger partial charge is 0.504 e. The number of benzene rings is 1. The van der Waals surface area contributed by atoms with Crippen LogP contribution >= 0.6 is 11.6 Å². The molecular formula is C12H11ClN2O3. The van der Waals surface area contributed by atoms with Gasteiger partial charge in [0, 0.05) is 12.1 Å². The summed E-state index contributed by atoms with van der Waals surface area (Å²) < 4.78 is 0. The summed E-state index contributed by atoms with van der Waals surface area (Å²) in [7, 11) is 0. The zero-order valence-electron chi connectivity index (χ0n) is 9.26. The van der Waals surface area contributed by atoms with Crippen molar-refractivity contribution in [2.24, 2.45) is 0 Å². The summed E-state index contributed by atoms with van der Waals surface area (Å²) in [4.78, 5) is 3.90. The Hall–Kier alpha value is -2.14. The second kappa shape index (κ2) is 5.01. The summed E-state index contributed by atoms with van der Waals surface area (Å²) in [5.41, 5.74) is 1.19. The Morgan fingerprint density at radius 1 is 1.06 bits per heavy atom. The lowest BCUT2D eigenvalue weighted by Crippen LogP contribution is -2.00. The average molecular weight is 267 g/mol. The molecule has 1 aromatic heterocycles. The van der Waals surface area contributed by atoms with Gasteiger partial charge in [0.15, 0.2) is 11.5 Å². The Morgan fingerprint density at radius 3 is 2.50 bits per heavy atom. The molecule has 2 rings (SSSR count). The molecule has 0 spiro atoms. The van der Waals surface area contributed by atoms with Crippen LogP contribution in [0.25, 0.3) is 0 Å². The number of halogens is 1. The summed E-state index contributed by atoms with van der Waals surface area (Å²) in [6.45, 7) is 0.281. The summed E-state index contributed by atoms with van der Waals surface area (Å²) in [6, 6.07) is 6.21. The predicted molar refractivity (Wildman–Crippen MR) is 68.0 cm³/mol. The molecule has 6 heteroatoms. The normalized spacial score (nSPS) is 10.3. The molecule has 4 N–H and O–H groups in total. The van der Waals surface area contributed by atoms with Crippen LogP contribution in [0.1, 0.15) is 5.56 Å². The fourth-order valence-corrected chi connectivity index (χ4v) is 1.54. The van der Waals surface area contributed by atoms with Crippen molar-refractivity contribution in [1.29, 1.82) is 0 Å². The minimum Gasteiger partial charge on any atom is -0.504 e. The van der Waals surface area contributed by atoms with Gasteiger partial charge in [-0.15, -0.1) is 0 Å². The Bertz CT molecular complexity index is 558. The maximum atomic E-state index is 9.61. The van der Waals surface area contributed by atoms with Gasteiger partial charge in [-0.1, -0.05) is 11.6 Å². The first kappa shape index (κ1) is 12.3. The molecule has 0 radical (unpaired) electrons. The number of phenols is 3. The molecule has 0 amide bonds. The minimum atomic E-state index is -0.525. The third-order valence-electron chi connectivity index (χ3n) is 2.42. The fourth-order valence-electron chi connectivity index (χ4n) is 1.43. The first-order chi connectivity index (χ1) is 8.58. The SMILES string of the molecule is Oc1ccc(CNc2ccc(Cl)nc2)c(O)c1O. The first-order valence-corrected chi connectivity index (χ1v) is 5.54. The first-order valence-electron chi connectivity index (χ1n) is 5.16. The molecule has 0 atom stereocenters. The van der Waals surface area contributed by atoms with Gasteiger partial charge in [0.25, 0.3) is 0 Å². The molecule has 0 fully saturated rings. The average Bonchev–Trinajstić information content (AvgIpc) is 2.37. The highest BCUT2D eigenvalue weighted by molar-refractivity contribution is 6.29. The predicted octanol–water partition coefficient (Wildman–Crippen LogP) is 2.46. The zero-order chi connectivity index (χ0) is 13.1. The van der Waals surface area contributed by atoms with Crippen LogP contribution in [-0.2, 0) is 6.54 Å². The van der Waals surface area contributed by atoms with E-state index in [9.17, 15) is 15.3 Å². The lowest BCUT2D eigenvalue weighted by atomic mass is 10.1. The number of hydrogen-bond donors (Lipinski definition) is 4. The topological polar surface area (TPSA) is 85.6 Å². The third-order valence-corrected chi connectivity index (χ3v) is 2.65. The Kier molecular flexibility index (Phi) is 3.43. The molecule has 94 valence electrons. The second-order valence-electron chi connectivity index (χ2n) is 3.66. The van der Waals surface area contributed by atoms with E-state index in [1.807, 2.05) is 0 Å². The number of anilines is 1. The van der Waals surface area contributed by atoms with Crippen molar-refractivity contribution in [3.8, 4) is 17.2 Å². The van der Waals surface area contributed by atoms with Crippen LogP contribution in [-0.4, -0.2) is 20.3 Å². The van der Waals surface area contributed by atoms with Gasteiger partial charge in [-0.2, -0.15) is 0 Å². The van der Waals surface area contributed by atoms with E-state index < -0.39 is 5.75 Å². The molecule has 0 aliphatic rings. The van der Waals surface area contributed by atoms with E-state index in [1.165, 1.54) is 12.1 Å². The van der Waals surface area contributed by atoms with Crippen molar-refractivity contribution < 1.29 is 15.3 Å². The van der Waals surface area contributed by atoms with Crippen LogP contribution in [0.15, 0.2) is 30.5 Å². The molecule has 1 aromatic carbocycles. The van der Waals surface area contributed by atoms with Crippen LogP contribution in [0.3, 0.4) is 0 Å². The molecule has 1 heterocycles. The Morgan fingerprint density at radius 2 is 1.83 bits per heavy atom. The van der Waals surface area contributed by atoms with Crippen molar-refractivity contribution in [2.75, 3.05) is 5.32 Å². The number of rotatable bonds is 3. The molecule has 0 saturated carbocycles. The number of aromatic nitrogens is 1. The monoisotopic (exact) mass is 266 g/mol. The summed E-state index contributed by atoms with van der Waals surface area (Å²) in [6.07, 6.45) is 1.56. The molecule has 0 unspecified atom stereocenters. The standard InChI is InChI=1S/C12H11ClN2O3/c13-10-4-2-8(6-15-10)14-5-7-1-3-9(16)12(18)11(7)17/h1-4,6,14,16-18H,5H2. The van der Waals surface area contributed by atoms with Gasteiger partial charge in [0.05, 0.1) is 11.9 Å². The summed E-state index contributed by atoms with van der Waals surface area (Å²) in [5.74, 6) is -1.22. The lowest BCUT2D eigenvalue weighted by molar-refractivity contribution is 0.365. The quantitative estimate of drug-likeness (QED) is 0.506. The number of nitrogens with zero attached hydrogens (tertiary/aromatic N) is 1. The second-order valence-corrected chi connectivity index (χ2v) is 4.05. The van der Waals surface area contributed by atoms with Gasteiger partial charge >= 0.3 is 0 Å². The highest BCUT2D eigenvalue weighted by Gasteiger charge is 2.10. The summed E-state index contributed by atoms with van der Waals surface area (Å²) >= 11 is 5.65. The minimum absolute atomic E-state index is 0.281. The van der Waals surface area contributed by atoms with E-state index in [0.717, 1.165) is 5.69 Å². The van der Waals surface area contributed by atoms with Crippen LogP contribution in [0.4, 0.5) is 5.69 Å². The summed E-state index contributed by atoms with van der Waals surface area (Å²) in [5, 5.41) is 31.6. The van der Waals surface area contributed by atoms with Crippen molar-refractivity contribution in [1.82, 2.24) is 4.98 Å². The molecule has 0 bridgehead atoms. The molecule has 18 heavy (non-hydrogen) atoms. The van der Waals surface area contributed by atoms with Gasteiger partial charge in [-0.05, 0) is 24.3 Å². The van der Waals surface area contributed by atoms with Gasteiger partial charge in [-0.3, -0.25) is 0 Å². The molecule has 2 aromatic rings. The smallest absolute Gasteiger partial charge is 0.200 e. The molecule has 0 aliphatic carbocycles. The van der Waals surface area contributed by atoms with Crippen molar-refractivity contribution in [2.45, 2.75) is 6.54 Å². The number of aromatic hydroxyl groups is 3. The van der Waals surface area contributed by atoms with Crippen LogP contribution in [0, 0.1) is 0 Å². The van der Waals surface area contributed by atoms with Crippen molar-refractivity contribution in [3.63, 3.8) is 0 Å². The maximum absolute atomic E-state index is 9.61. The number of pyridine rings is 1. The number of phenolic OH excluding ortho intramolecular Hbond substituents is 3. The van der Waals surface area contributed by atoms with Crippen LogP contribution < -0.4 is 5.32 Å². The number of nitrogens with one attached hydrogen (secondary N) is 1. The van der Waals surface area contributed by atoms with Crippen molar-refractivity contribution >= 4 is 17.3 Å². The van der Waals surface area contributed by atoms with Gasteiger partial charge in [-0.25, -0.2) is 4.98 Å². The van der Waals surface area contributed by atoms with Gasteiger partial charge in [0.1, 0.15) is 5.15 Å². The van der Waals surface area contributed by atoms with Crippen LogP contribution in [0.5, 0.6) is 17.2 Å². The lowest BCUT2D eigenvalue weighted by Gasteiger charge is -2.09. The van der Waals surface area contributed by atoms with Crippen molar-refractivity contribution in [3.05, 3.63) is 41.2 Å². The Balaban J connectivity index is 2.11. The zero-order valence-corrected chi connectivity index (χ0v) is 10.0. The molecular weight excluding hydrogens is 256 g/mol. The van der Waals surface area contributed by atoms with E-state index in [0.29, 0.717) is 10.7 Å². The van der Waals surface area contributed by atoms with E-state index in [4.69, 9.17) is 11.6 Å². The van der Waals surface area contributed by atoms with Gasteiger partial charge < -0.3 is 20.6 Å². The third kappa shape index (κ3) is 2.57. The Labute approximate surface area is 108 Å². The van der Waals surface area contributed by atoms with E-state index >= 15 is 0 Å². The van der Waals surface area contributed by atoms with Crippen LogP contribution in [0.2, 0.25) is 5.15 Å². The maximum Gasteiger partial charge on any atom is 0.200 e. The van der Waals surface area contributed by atoms with E-state index in [2.05, 4.69) is 10.3 Å². The molecule has 0 aliphatic heterocycles. The number of hydrogen-bond acceptors (Lipinski definition) is 5. The highest BCUT2D eigenvalue weighted by atomic mass is 35.5. The van der Waals surface area contributed by atoms with E-state index in [-0.39, 0.29) is 18.0 Å². The highest BCUT2D eigenvalue weighted by Crippen LogP contribution is 2.37. The fraction of sp³-hybridized carbons (Fsp3) is 0.0833.